The van der Waals surface area contributed by atoms with Crippen LogP contribution in [-0.2, 0) is 15.8 Å². The minimum Gasteiger partial charge on any atom is -0.352 e. The number of alkyl halides is 3. The number of hydrogen-bond acceptors (Lipinski definition) is 4. The van der Waals surface area contributed by atoms with Gasteiger partial charge in [0.2, 0.25) is 11.8 Å². The van der Waals surface area contributed by atoms with Crippen molar-refractivity contribution in [1.29, 1.82) is 0 Å². The molecule has 2 heterocycles. The number of halogens is 3. The van der Waals surface area contributed by atoms with Gasteiger partial charge in [0.25, 0.3) is 5.91 Å². The molecule has 0 radical (unpaired) electrons. The monoisotopic (exact) mass is 477 g/mol. The molecule has 174 valence electrons. The molecule has 10 heteroatoms. The first-order chi connectivity index (χ1) is 15.7. The van der Waals surface area contributed by atoms with E-state index in [2.05, 4.69) is 10.6 Å². The first-order valence-electron chi connectivity index (χ1n) is 10.4. The highest BCUT2D eigenvalue weighted by Gasteiger charge is 2.40. The second-order valence-corrected chi connectivity index (χ2v) is 8.93. The molecule has 4 rings (SSSR count). The van der Waals surface area contributed by atoms with Crippen LogP contribution < -0.4 is 10.6 Å². The van der Waals surface area contributed by atoms with Gasteiger partial charge in [-0.2, -0.15) is 24.9 Å². The van der Waals surface area contributed by atoms with E-state index in [1.807, 2.05) is 6.26 Å². The van der Waals surface area contributed by atoms with Gasteiger partial charge in [-0.25, -0.2) is 0 Å². The van der Waals surface area contributed by atoms with Crippen LogP contribution in [-0.4, -0.2) is 53.3 Å². The highest BCUT2D eigenvalue weighted by molar-refractivity contribution is 7.99. The second kappa shape index (κ2) is 9.09. The average molecular weight is 478 g/mol. The van der Waals surface area contributed by atoms with Crippen LogP contribution in [0.1, 0.15) is 28.8 Å². The zero-order valence-corrected chi connectivity index (χ0v) is 18.6. The minimum atomic E-state index is -4.48. The van der Waals surface area contributed by atoms with E-state index in [1.165, 1.54) is 34.9 Å². The van der Waals surface area contributed by atoms with Gasteiger partial charge in [0.15, 0.2) is 0 Å². The van der Waals surface area contributed by atoms with Gasteiger partial charge in [-0.05, 0) is 54.5 Å². The number of anilines is 1. The molecule has 2 aliphatic rings. The SMILES string of the molecule is CSCC(=O)N[C@H]1CCN2C(=O)c3cc(-c4cccc(C(F)(F)F)c4)ccc3NC(=O)[C@@H]2C1. The van der Waals surface area contributed by atoms with Crippen LogP contribution in [0.15, 0.2) is 42.5 Å². The number of piperidine rings is 1. The summed E-state index contributed by atoms with van der Waals surface area (Å²) in [7, 11) is 0. The Morgan fingerprint density at radius 3 is 2.67 bits per heavy atom. The van der Waals surface area contributed by atoms with Crippen molar-refractivity contribution < 1.29 is 27.6 Å². The zero-order valence-electron chi connectivity index (χ0n) is 17.7. The lowest BCUT2D eigenvalue weighted by atomic mass is 9.95. The van der Waals surface area contributed by atoms with Gasteiger partial charge in [0.1, 0.15) is 6.04 Å². The molecular weight excluding hydrogens is 455 g/mol. The molecule has 0 spiro atoms. The first kappa shape index (κ1) is 23.2. The Bertz CT molecular complexity index is 1110. The van der Waals surface area contributed by atoms with Gasteiger partial charge in [0.05, 0.1) is 22.6 Å². The Labute approximate surface area is 192 Å². The number of carbonyl (C=O) groups excluding carboxylic acids is 3. The predicted molar refractivity (Wildman–Crippen MR) is 120 cm³/mol. The number of rotatable bonds is 4. The molecule has 0 unspecified atom stereocenters. The van der Waals surface area contributed by atoms with Crippen LogP contribution in [0.3, 0.4) is 0 Å². The number of fused-ring (bicyclic) bond motifs is 2. The molecule has 0 aliphatic carbocycles. The molecular formula is C23H22F3N3O3S. The summed E-state index contributed by atoms with van der Waals surface area (Å²) in [6.07, 6.45) is -1.84. The van der Waals surface area contributed by atoms with Crippen molar-refractivity contribution in [3.8, 4) is 11.1 Å². The summed E-state index contributed by atoms with van der Waals surface area (Å²) in [5, 5.41) is 5.68. The third-order valence-corrected chi connectivity index (χ3v) is 6.39. The quantitative estimate of drug-likeness (QED) is 0.703. The Kier molecular flexibility index (Phi) is 6.38. The molecule has 1 saturated heterocycles. The maximum atomic E-state index is 13.3. The van der Waals surface area contributed by atoms with Crippen LogP contribution in [0.2, 0.25) is 0 Å². The molecule has 6 nitrogen and oxygen atoms in total. The van der Waals surface area contributed by atoms with Crippen molar-refractivity contribution in [2.24, 2.45) is 0 Å². The van der Waals surface area contributed by atoms with Crippen LogP contribution in [0.25, 0.3) is 11.1 Å². The van der Waals surface area contributed by atoms with E-state index in [0.29, 0.717) is 35.4 Å². The largest absolute Gasteiger partial charge is 0.416 e. The molecule has 0 bridgehead atoms. The van der Waals surface area contributed by atoms with E-state index in [-0.39, 0.29) is 35.9 Å². The van der Waals surface area contributed by atoms with Crippen molar-refractivity contribution in [2.45, 2.75) is 31.1 Å². The van der Waals surface area contributed by atoms with Gasteiger partial charge in [0, 0.05) is 12.6 Å². The molecule has 1 fully saturated rings. The summed E-state index contributed by atoms with van der Waals surface area (Å²) < 4.78 is 39.4. The lowest BCUT2D eigenvalue weighted by molar-refractivity contribution is -0.137. The lowest BCUT2D eigenvalue weighted by Crippen LogP contribution is -2.55. The molecule has 2 N–H and O–H groups in total. The second-order valence-electron chi connectivity index (χ2n) is 8.06. The molecule has 0 saturated carbocycles. The summed E-state index contributed by atoms with van der Waals surface area (Å²) >= 11 is 1.40. The average Bonchev–Trinajstić information content (AvgIpc) is 2.88. The van der Waals surface area contributed by atoms with Crippen molar-refractivity contribution >= 4 is 35.2 Å². The van der Waals surface area contributed by atoms with Crippen molar-refractivity contribution in [2.75, 3.05) is 23.9 Å². The third kappa shape index (κ3) is 4.85. The standard InChI is InChI=1S/C23H22F3N3O3S/c1-33-12-20(30)27-16-7-8-29-19(11-16)21(31)28-18-6-5-14(10-17(18)22(29)32)13-3-2-4-15(9-13)23(24,25)26/h2-6,9-10,16,19H,7-8,11-12H2,1H3,(H,27,30)(H,28,31)/t16-,19-/m0/s1. The summed E-state index contributed by atoms with van der Waals surface area (Å²) in [6, 6.07) is 8.57. The maximum Gasteiger partial charge on any atom is 0.416 e. The summed E-state index contributed by atoms with van der Waals surface area (Å²) in [4.78, 5) is 39.6. The van der Waals surface area contributed by atoms with Gasteiger partial charge in [-0.1, -0.05) is 18.2 Å². The predicted octanol–water partition coefficient (Wildman–Crippen LogP) is 3.78. The Hall–Kier alpha value is -3.01. The van der Waals surface area contributed by atoms with E-state index < -0.39 is 17.8 Å². The molecule has 2 aliphatic heterocycles. The van der Waals surface area contributed by atoms with E-state index in [1.54, 1.807) is 12.1 Å². The number of nitrogens with zero attached hydrogens (tertiary/aromatic N) is 1. The molecule has 2 aromatic carbocycles. The zero-order chi connectivity index (χ0) is 23.8. The minimum absolute atomic E-state index is 0.115. The molecule has 33 heavy (non-hydrogen) atoms. The Balaban J connectivity index is 1.61. The van der Waals surface area contributed by atoms with Gasteiger partial charge in [-0.3, -0.25) is 14.4 Å². The van der Waals surface area contributed by atoms with Gasteiger partial charge >= 0.3 is 6.18 Å². The fourth-order valence-corrected chi connectivity index (χ4v) is 4.59. The number of amides is 3. The normalized spacial score (nSPS) is 20.4. The molecule has 0 aromatic heterocycles. The number of thioether (sulfide) groups is 1. The molecule has 3 amide bonds. The van der Waals surface area contributed by atoms with Crippen LogP contribution in [0.5, 0.6) is 0 Å². The Morgan fingerprint density at radius 2 is 1.94 bits per heavy atom. The van der Waals surface area contributed by atoms with Crippen LogP contribution in [0, 0.1) is 0 Å². The summed E-state index contributed by atoms with van der Waals surface area (Å²) in [5.74, 6) is -0.510. The fraction of sp³-hybridized carbons (Fsp3) is 0.348. The van der Waals surface area contributed by atoms with E-state index in [0.717, 1.165) is 12.1 Å². The van der Waals surface area contributed by atoms with Gasteiger partial charge in [-0.15, -0.1) is 0 Å². The molecule has 2 aromatic rings. The highest BCUT2D eigenvalue weighted by atomic mass is 32.2. The van der Waals surface area contributed by atoms with E-state index in [4.69, 9.17) is 0 Å². The number of carbonyl (C=O) groups is 3. The number of hydrogen-bond donors (Lipinski definition) is 2. The summed E-state index contributed by atoms with van der Waals surface area (Å²) in [5.41, 5.74) is 0.534. The fourth-order valence-electron chi connectivity index (χ4n) is 4.24. The number of nitrogens with one attached hydrogen (secondary N) is 2. The van der Waals surface area contributed by atoms with Crippen LogP contribution in [0.4, 0.5) is 18.9 Å². The summed E-state index contributed by atoms with van der Waals surface area (Å²) in [6.45, 7) is 0.286. The third-order valence-electron chi connectivity index (χ3n) is 5.84. The van der Waals surface area contributed by atoms with Crippen molar-refractivity contribution in [1.82, 2.24) is 10.2 Å². The van der Waals surface area contributed by atoms with Gasteiger partial charge < -0.3 is 15.5 Å². The topological polar surface area (TPSA) is 78.5 Å². The smallest absolute Gasteiger partial charge is 0.352 e. The van der Waals surface area contributed by atoms with Crippen LogP contribution >= 0.6 is 11.8 Å². The number of benzene rings is 2. The highest BCUT2D eigenvalue weighted by Crippen LogP contribution is 2.35. The Morgan fingerprint density at radius 1 is 1.18 bits per heavy atom. The van der Waals surface area contributed by atoms with Crippen molar-refractivity contribution in [3.05, 3.63) is 53.6 Å². The molecule has 2 atom stereocenters. The lowest BCUT2D eigenvalue weighted by Gasteiger charge is -2.37. The first-order valence-corrected chi connectivity index (χ1v) is 11.8. The maximum absolute atomic E-state index is 13.3. The van der Waals surface area contributed by atoms with E-state index in [9.17, 15) is 27.6 Å². The van der Waals surface area contributed by atoms with Crippen molar-refractivity contribution in [3.63, 3.8) is 0 Å². The van der Waals surface area contributed by atoms with E-state index >= 15 is 0 Å².